The van der Waals surface area contributed by atoms with Gasteiger partial charge in [-0.2, -0.15) is 0 Å². The molecule has 0 spiro atoms. The molecule has 2 unspecified atom stereocenters. The van der Waals surface area contributed by atoms with Gasteiger partial charge in [-0.1, -0.05) is 36.4 Å². The summed E-state index contributed by atoms with van der Waals surface area (Å²) in [5, 5.41) is 3.12. The van der Waals surface area contributed by atoms with Gasteiger partial charge in [0.25, 0.3) is 0 Å². The third kappa shape index (κ3) is 3.79. The number of benzene rings is 2. The van der Waals surface area contributed by atoms with Crippen LogP contribution in [0.15, 0.2) is 59.6 Å². The van der Waals surface area contributed by atoms with E-state index in [4.69, 9.17) is 10.5 Å². The Kier molecular flexibility index (Phi) is 4.28. The van der Waals surface area contributed by atoms with Crippen LogP contribution in [0.4, 0.5) is 5.69 Å². The van der Waals surface area contributed by atoms with Crippen LogP contribution in [0.25, 0.3) is 0 Å². The van der Waals surface area contributed by atoms with E-state index in [1.807, 2.05) is 30.3 Å². The number of anilines is 1. The highest BCUT2D eigenvalue weighted by molar-refractivity contribution is 5.92. The van der Waals surface area contributed by atoms with E-state index < -0.39 is 0 Å². The summed E-state index contributed by atoms with van der Waals surface area (Å²) in [5.74, 6) is 1.87. The first-order valence-electron chi connectivity index (χ1n) is 7.53. The van der Waals surface area contributed by atoms with Crippen LogP contribution in [0.3, 0.4) is 0 Å². The van der Waals surface area contributed by atoms with Gasteiger partial charge in [0.1, 0.15) is 5.75 Å². The Labute approximate surface area is 131 Å². The molecular formula is C18H21N3O. The Balaban J connectivity index is 1.55. The lowest BCUT2D eigenvalue weighted by atomic mass is 10.1. The normalized spacial score (nSPS) is 20.5. The topological polar surface area (TPSA) is 59.6 Å². The minimum Gasteiger partial charge on any atom is -0.497 e. The molecule has 0 aromatic heterocycles. The number of ether oxygens (including phenoxy) is 1. The van der Waals surface area contributed by atoms with Gasteiger partial charge in [-0.05, 0) is 36.5 Å². The molecule has 114 valence electrons. The van der Waals surface area contributed by atoms with Crippen LogP contribution < -0.4 is 15.8 Å². The van der Waals surface area contributed by atoms with Crippen LogP contribution in [0.5, 0.6) is 5.75 Å². The molecule has 4 nitrogen and oxygen atoms in total. The van der Waals surface area contributed by atoms with E-state index in [1.165, 1.54) is 5.56 Å². The highest BCUT2D eigenvalue weighted by Crippen LogP contribution is 2.36. The van der Waals surface area contributed by atoms with Crippen molar-refractivity contribution in [2.24, 2.45) is 16.6 Å². The molecule has 2 atom stereocenters. The average molecular weight is 295 g/mol. The van der Waals surface area contributed by atoms with Gasteiger partial charge in [-0.3, -0.25) is 0 Å². The predicted molar refractivity (Wildman–Crippen MR) is 90.3 cm³/mol. The Bertz CT molecular complexity index is 654. The van der Waals surface area contributed by atoms with Gasteiger partial charge < -0.3 is 15.8 Å². The summed E-state index contributed by atoms with van der Waals surface area (Å²) in [7, 11) is 1.65. The number of methoxy groups -OCH3 is 1. The molecule has 0 amide bonds. The summed E-state index contributed by atoms with van der Waals surface area (Å²) in [6.45, 7) is 0. The number of hydrogen-bond donors (Lipinski definition) is 2. The Morgan fingerprint density at radius 3 is 2.82 bits per heavy atom. The minimum absolute atomic E-state index is 0.332. The fraction of sp³-hybridized carbons (Fsp3) is 0.278. The first-order chi connectivity index (χ1) is 10.7. The average Bonchev–Trinajstić information content (AvgIpc) is 3.25. The Morgan fingerprint density at radius 1 is 1.23 bits per heavy atom. The molecule has 1 aliphatic carbocycles. The zero-order valence-corrected chi connectivity index (χ0v) is 12.7. The van der Waals surface area contributed by atoms with Crippen molar-refractivity contribution in [3.8, 4) is 5.75 Å². The molecule has 0 radical (unpaired) electrons. The quantitative estimate of drug-likeness (QED) is 0.658. The number of hydrogen-bond acceptors (Lipinski definition) is 2. The number of aliphatic imine (C=N–C) groups is 1. The summed E-state index contributed by atoms with van der Waals surface area (Å²) < 4.78 is 5.19. The van der Waals surface area contributed by atoms with Crippen molar-refractivity contribution in [1.82, 2.24) is 0 Å². The van der Waals surface area contributed by atoms with E-state index in [1.54, 1.807) is 7.11 Å². The van der Waals surface area contributed by atoms with Crippen LogP contribution in [-0.4, -0.2) is 19.1 Å². The molecule has 3 N–H and O–H groups in total. The Morgan fingerprint density at radius 2 is 2.05 bits per heavy atom. The maximum absolute atomic E-state index is 5.99. The van der Waals surface area contributed by atoms with E-state index in [2.05, 4.69) is 34.6 Å². The first kappa shape index (κ1) is 14.4. The Hall–Kier alpha value is -2.49. The van der Waals surface area contributed by atoms with E-state index in [9.17, 15) is 0 Å². The van der Waals surface area contributed by atoms with Gasteiger partial charge in [-0.25, -0.2) is 4.99 Å². The lowest BCUT2D eigenvalue weighted by Crippen LogP contribution is -2.23. The zero-order chi connectivity index (χ0) is 15.4. The highest BCUT2D eigenvalue weighted by atomic mass is 16.5. The molecule has 0 bridgehead atoms. The number of rotatable bonds is 5. The standard InChI is InChI=1S/C18H21N3O/c1-22-16-9-5-8-15(12-16)20-18(19)21-17-11-14(17)10-13-6-3-2-4-7-13/h2-9,12,14,17H,10-11H2,1H3,(H3,19,20,21). The van der Waals surface area contributed by atoms with Gasteiger partial charge in [0.2, 0.25) is 0 Å². The monoisotopic (exact) mass is 295 g/mol. The van der Waals surface area contributed by atoms with Gasteiger partial charge in [0.05, 0.1) is 13.2 Å². The smallest absolute Gasteiger partial charge is 0.193 e. The molecule has 1 aliphatic rings. The van der Waals surface area contributed by atoms with E-state index in [0.29, 0.717) is 17.9 Å². The van der Waals surface area contributed by atoms with Crippen molar-refractivity contribution in [3.05, 3.63) is 60.2 Å². The third-order valence-electron chi connectivity index (χ3n) is 3.87. The first-order valence-corrected chi connectivity index (χ1v) is 7.53. The van der Waals surface area contributed by atoms with Crippen molar-refractivity contribution in [2.45, 2.75) is 18.9 Å². The van der Waals surface area contributed by atoms with Crippen molar-refractivity contribution in [1.29, 1.82) is 0 Å². The predicted octanol–water partition coefficient (Wildman–Crippen LogP) is 3.05. The van der Waals surface area contributed by atoms with Crippen LogP contribution in [0.2, 0.25) is 0 Å². The molecule has 22 heavy (non-hydrogen) atoms. The summed E-state index contributed by atoms with van der Waals surface area (Å²) in [5.41, 5.74) is 8.25. The van der Waals surface area contributed by atoms with Crippen LogP contribution >= 0.6 is 0 Å². The number of nitrogens with one attached hydrogen (secondary N) is 1. The number of nitrogens with two attached hydrogens (primary N) is 1. The van der Waals surface area contributed by atoms with Crippen molar-refractivity contribution in [2.75, 3.05) is 12.4 Å². The summed E-state index contributed by atoms with van der Waals surface area (Å²) >= 11 is 0. The lowest BCUT2D eigenvalue weighted by molar-refractivity contribution is 0.415. The molecule has 0 heterocycles. The fourth-order valence-electron chi connectivity index (χ4n) is 2.59. The highest BCUT2D eigenvalue weighted by Gasteiger charge is 2.36. The maximum atomic E-state index is 5.99. The third-order valence-corrected chi connectivity index (χ3v) is 3.87. The lowest BCUT2D eigenvalue weighted by Gasteiger charge is -2.07. The van der Waals surface area contributed by atoms with E-state index in [-0.39, 0.29) is 0 Å². The van der Waals surface area contributed by atoms with Gasteiger partial charge >= 0.3 is 0 Å². The number of guanidine groups is 1. The minimum atomic E-state index is 0.332. The molecule has 0 aliphatic heterocycles. The van der Waals surface area contributed by atoms with Crippen LogP contribution in [-0.2, 0) is 6.42 Å². The molecule has 2 aromatic rings. The maximum Gasteiger partial charge on any atom is 0.193 e. The molecule has 2 aromatic carbocycles. The van der Waals surface area contributed by atoms with Crippen LogP contribution in [0.1, 0.15) is 12.0 Å². The molecular weight excluding hydrogens is 274 g/mol. The van der Waals surface area contributed by atoms with E-state index in [0.717, 1.165) is 24.3 Å². The molecule has 4 heteroatoms. The largest absolute Gasteiger partial charge is 0.497 e. The molecule has 0 saturated heterocycles. The second-order valence-electron chi connectivity index (χ2n) is 5.62. The fourth-order valence-corrected chi connectivity index (χ4v) is 2.59. The zero-order valence-electron chi connectivity index (χ0n) is 12.7. The summed E-state index contributed by atoms with van der Waals surface area (Å²) in [6, 6.07) is 18.5. The SMILES string of the molecule is COc1cccc(NC(N)=NC2CC2Cc2ccccc2)c1. The van der Waals surface area contributed by atoms with E-state index >= 15 is 0 Å². The van der Waals surface area contributed by atoms with Crippen LogP contribution in [0, 0.1) is 5.92 Å². The molecule has 1 fully saturated rings. The van der Waals surface area contributed by atoms with Gasteiger partial charge in [0, 0.05) is 11.8 Å². The van der Waals surface area contributed by atoms with Gasteiger partial charge in [0.15, 0.2) is 5.96 Å². The van der Waals surface area contributed by atoms with Crippen molar-refractivity contribution in [3.63, 3.8) is 0 Å². The van der Waals surface area contributed by atoms with Crippen molar-refractivity contribution >= 4 is 11.6 Å². The molecule has 1 saturated carbocycles. The van der Waals surface area contributed by atoms with Gasteiger partial charge in [-0.15, -0.1) is 0 Å². The van der Waals surface area contributed by atoms with Crippen molar-refractivity contribution < 1.29 is 4.74 Å². The second kappa shape index (κ2) is 6.52. The number of nitrogens with zero attached hydrogens (tertiary/aromatic N) is 1. The summed E-state index contributed by atoms with van der Waals surface area (Å²) in [6.07, 6.45) is 2.18. The second-order valence-corrected chi connectivity index (χ2v) is 5.62. The molecule has 3 rings (SSSR count). The summed E-state index contributed by atoms with van der Waals surface area (Å²) in [4.78, 5) is 4.56.